The topological polar surface area (TPSA) is 60.5 Å². The van der Waals surface area contributed by atoms with Gasteiger partial charge in [-0.25, -0.2) is 9.37 Å². The third-order valence-corrected chi connectivity index (χ3v) is 3.62. The van der Waals surface area contributed by atoms with Crippen LogP contribution in [0.5, 0.6) is 11.6 Å². The molecule has 0 radical (unpaired) electrons. The lowest BCUT2D eigenvalue weighted by Crippen LogP contribution is -2.31. The first-order valence-corrected chi connectivity index (χ1v) is 7.65. The lowest BCUT2D eigenvalue weighted by molar-refractivity contribution is -0.123. The summed E-state index contributed by atoms with van der Waals surface area (Å²) in [7, 11) is 0. The van der Waals surface area contributed by atoms with Crippen molar-refractivity contribution in [3.8, 4) is 11.6 Å². The van der Waals surface area contributed by atoms with E-state index in [-0.39, 0.29) is 25.2 Å². The van der Waals surface area contributed by atoms with Gasteiger partial charge in [-0.1, -0.05) is 6.07 Å². The molecule has 1 aliphatic rings. The lowest BCUT2D eigenvalue weighted by Gasteiger charge is -2.14. The number of benzene rings is 1. The molecule has 1 amide bonds. The normalized spacial score (nSPS) is 20.8. The summed E-state index contributed by atoms with van der Waals surface area (Å²) in [5.74, 6) is 0.619. The summed E-state index contributed by atoms with van der Waals surface area (Å²) in [5.41, 5.74) is 0. The van der Waals surface area contributed by atoms with Gasteiger partial charge in [-0.05, 0) is 37.4 Å². The Balaban J connectivity index is 1.78. The molecule has 2 aromatic rings. The number of carbonyl (C=O) groups is 1. The van der Waals surface area contributed by atoms with Crippen molar-refractivity contribution >= 4 is 16.7 Å². The Morgan fingerprint density at radius 2 is 2.22 bits per heavy atom. The summed E-state index contributed by atoms with van der Waals surface area (Å²) in [6.07, 6.45) is 0.413. The average Bonchev–Trinajstić information content (AvgIpc) is 2.83. The summed E-state index contributed by atoms with van der Waals surface area (Å²) < 4.78 is 24.6. The second kappa shape index (κ2) is 6.40. The highest BCUT2D eigenvalue weighted by atomic mass is 19.1. The van der Waals surface area contributed by atoms with Crippen LogP contribution in [0, 0.1) is 0 Å². The molecule has 1 saturated heterocycles. The fourth-order valence-electron chi connectivity index (χ4n) is 2.58. The van der Waals surface area contributed by atoms with E-state index in [1.54, 1.807) is 6.20 Å². The van der Waals surface area contributed by atoms with Crippen LogP contribution in [0.1, 0.15) is 20.3 Å². The Hall–Kier alpha value is -2.37. The van der Waals surface area contributed by atoms with Gasteiger partial charge in [-0.2, -0.15) is 0 Å². The van der Waals surface area contributed by atoms with Gasteiger partial charge in [0.05, 0.1) is 12.1 Å². The minimum atomic E-state index is -1.45. The van der Waals surface area contributed by atoms with Gasteiger partial charge in [0.1, 0.15) is 12.4 Å². The third-order valence-electron chi connectivity index (χ3n) is 3.62. The van der Waals surface area contributed by atoms with E-state index in [9.17, 15) is 9.18 Å². The standard InChI is InChI=1S/C17H19FN2O3/c1-10(2)23-13-4-3-11-5-6-19-17(14(11)8-13)22-9-12-7-15(18)16(21)20-12/h3-6,8,10,12,15H,7,9H2,1-2H3,(H,20,21)/t12-,15-/m0/s1. The molecule has 2 atom stereocenters. The van der Waals surface area contributed by atoms with Crippen molar-refractivity contribution in [3.63, 3.8) is 0 Å². The molecule has 0 unspecified atom stereocenters. The highest BCUT2D eigenvalue weighted by molar-refractivity contribution is 5.88. The maximum Gasteiger partial charge on any atom is 0.254 e. The number of ether oxygens (including phenoxy) is 2. The Kier molecular flexibility index (Phi) is 4.32. The van der Waals surface area contributed by atoms with Gasteiger partial charge in [0.25, 0.3) is 5.91 Å². The number of carbonyl (C=O) groups excluding carboxylic acids is 1. The second-order valence-corrected chi connectivity index (χ2v) is 5.89. The zero-order chi connectivity index (χ0) is 16.4. The molecular formula is C17H19FN2O3. The van der Waals surface area contributed by atoms with Gasteiger partial charge in [-0.3, -0.25) is 4.79 Å². The molecule has 6 heteroatoms. The molecule has 23 heavy (non-hydrogen) atoms. The number of hydrogen-bond acceptors (Lipinski definition) is 4. The number of alkyl halides is 1. The predicted molar refractivity (Wildman–Crippen MR) is 84.4 cm³/mol. The van der Waals surface area contributed by atoms with Crippen LogP contribution in [0.25, 0.3) is 10.8 Å². The molecule has 3 rings (SSSR count). The quantitative estimate of drug-likeness (QED) is 0.920. The van der Waals surface area contributed by atoms with E-state index in [4.69, 9.17) is 9.47 Å². The van der Waals surface area contributed by atoms with E-state index in [1.807, 2.05) is 38.1 Å². The Bertz CT molecular complexity index is 720. The van der Waals surface area contributed by atoms with Gasteiger partial charge in [0.2, 0.25) is 5.88 Å². The average molecular weight is 318 g/mol. The number of nitrogens with zero attached hydrogens (tertiary/aromatic N) is 1. The number of pyridine rings is 1. The highest BCUT2D eigenvalue weighted by Crippen LogP contribution is 2.28. The van der Waals surface area contributed by atoms with Crippen molar-refractivity contribution in [3.05, 3.63) is 30.5 Å². The number of rotatable bonds is 5. The molecule has 2 heterocycles. The van der Waals surface area contributed by atoms with Crippen LogP contribution in [0.3, 0.4) is 0 Å². The molecule has 1 aromatic carbocycles. The summed E-state index contributed by atoms with van der Waals surface area (Å²) in [5, 5.41) is 4.37. The van der Waals surface area contributed by atoms with Crippen LogP contribution in [0.4, 0.5) is 4.39 Å². The van der Waals surface area contributed by atoms with E-state index < -0.39 is 12.1 Å². The van der Waals surface area contributed by atoms with Crippen molar-refractivity contribution < 1.29 is 18.7 Å². The first-order chi connectivity index (χ1) is 11.0. The number of halogens is 1. The molecule has 0 spiro atoms. The molecule has 0 bridgehead atoms. The van der Waals surface area contributed by atoms with E-state index in [1.165, 1.54) is 0 Å². The van der Waals surface area contributed by atoms with Gasteiger partial charge in [0, 0.05) is 18.0 Å². The number of hydrogen-bond donors (Lipinski definition) is 1. The summed E-state index contributed by atoms with van der Waals surface area (Å²) in [4.78, 5) is 15.4. The first kappa shape index (κ1) is 15.5. The Morgan fingerprint density at radius 1 is 1.39 bits per heavy atom. The fraction of sp³-hybridized carbons (Fsp3) is 0.412. The van der Waals surface area contributed by atoms with E-state index in [2.05, 4.69) is 10.3 Å². The lowest BCUT2D eigenvalue weighted by atomic mass is 10.1. The van der Waals surface area contributed by atoms with Crippen LogP contribution in [-0.2, 0) is 4.79 Å². The monoisotopic (exact) mass is 318 g/mol. The third kappa shape index (κ3) is 3.52. The van der Waals surface area contributed by atoms with Crippen LogP contribution in [0.15, 0.2) is 30.5 Å². The van der Waals surface area contributed by atoms with Gasteiger partial charge in [0.15, 0.2) is 6.17 Å². The molecule has 0 aliphatic carbocycles. The largest absolute Gasteiger partial charge is 0.491 e. The molecule has 5 nitrogen and oxygen atoms in total. The smallest absolute Gasteiger partial charge is 0.254 e. The molecule has 0 saturated carbocycles. The number of amides is 1. The number of nitrogens with one attached hydrogen (secondary N) is 1. The van der Waals surface area contributed by atoms with Gasteiger partial charge in [-0.15, -0.1) is 0 Å². The minimum absolute atomic E-state index is 0.0729. The summed E-state index contributed by atoms with van der Waals surface area (Å²) in [6.45, 7) is 4.11. The van der Waals surface area contributed by atoms with Crippen LogP contribution in [0.2, 0.25) is 0 Å². The Labute approximate surface area is 133 Å². The van der Waals surface area contributed by atoms with Gasteiger partial charge < -0.3 is 14.8 Å². The van der Waals surface area contributed by atoms with Crippen molar-refractivity contribution in [1.82, 2.24) is 10.3 Å². The maximum atomic E-state index is 13.2. The molecule has 1 N–H and O–H groups in total. The number of fused-ring (bicyclic) bond motifs is 1. The Morgan fingerprint density at radius 3 is 2.91 bits per heavy atom. The molecule has 1 fully saturated rings. The zero-order valence-electron chi connectivity index (χ0n) is 13.1. The van der Waals surface area contributed by atoms with Gasteiger partial charge >= 0.3 is 0 Å². The SMILES string of the molecule is CC(C)Oc1ccc2ccnc(OC[C@@H]3C[C@H](F)C(=O)N3)c2c1. The van der Waals surface area contributed by atoms with Crippen molar-refractivity contribution in [2.45, 2.75) is 38.6 Å². The first-order valence-electron chi connectivity index (χ1n) is 7.65. The van der Waals surface area contributed by atoms with E-state index in [0.29, 0.717) is 5.88 Å². The minimum Gasteiger partial charge on any atom is -0.491 e. The van der Waals surface area contributed by atoms with E-state index in [0.717, 1.165) is 16.5 Å². The second-order valence-electron chi connectivity index (χ2n) is 5.89. The van der Waals surface area contributed by atoms with Crippen molar-refractivity contribution in [1.29, 1.82) is 0 Å². The number of aromatic nitrogens is 1. The predicted octanol–water partition coefficient (Wildman–Crippen LogP) is 2.63. The van der Waals surface area contributed by atoms with Crippen LogP contribution >= 0.6 is 0 Å². The molecular weight excluding hydrogens is 299 g/mol. The van der Waals surface area contributed by atoms with E-state index >= 15 is 0 Å². The van der Waals surface area contributed by atoms with Crippen molar-refractivity contribution in [2.75, 3.05) is 6.61 Å². The molecule has 1 aromatic heterocycles. The highest BCUT2D eigenvalue weighted by Gasteiger charge is 2.32. The maximum absolute atomic E-state index is 13.2. The van der Waals surface area contributed by atoms with Crippen molar-refractivity contribution in [2.24, 2.45) is 0 Å². The van der Waals surface area contributed by atoms with Crippen LogP contribution < -0.4 is 14.8 Å². The molecule has 1 aliphatic heterocycles. The summed E-state index contributed by atoms with van der Waals surface area (Å²) in [6, 6.07) is 7.27. The van der Waals surface area contributed by atoms with Crippen LogP contribution in [-0.4, -0.2) is 35.8 Å². The molecule has 122 valence electrons. The zero-order valence-corrected chi connectivity index (χ0v) is 13.1. The fourth-order valence-corrected chi connectivity index (χ4v) is 2.58. The summed E-state index contributed by atoms with van der Waals surface area (Å²) >= 11 is 0.